The standard InChI is InChI=1S/C24H48O2/c1-23(19-21-25)15-11-7-3-5-9-13-17-24(2,20-22-26)18-14-10-6-4-8-12-16-23/h25-26H,3-22H2,1-2H3. The van der Waals surface area contributed by atoms with E-state index < -0.39 is 0 Å². The average molecular weight is 369 g/mol. The Labute approximate surface area is 164 Å². The van der Waals surface area contributed by atoms with E-state index in [-0.39, 0.29) is 0 Å². The Morgan fingerprint density at radius 1 is 0.462 bits per heavy atom. The van der Waals surface area contributed by atoms with Crippen molar-refractivity contribution in [3.8, 4) is 0 Å². The van der Waals surface area contributed by atoms with Gasteiger partial charge >= 0.3 is 0 Å². The molecule has 0 aromatic rings. The maximum absolute atomic E-state index is 9.45. The van der Waals surface area contributed by atoms with Crippen LogP contribution in [0, 0.1) is 10.8 Å². The van der Waals surface area contributed by atoms with Crippen molar-refractivity contribution in [2.75, 3.05) is 13.2 Å². The molecule has 0 bridgehead atoms. The quantitative estimate of drug-likeness (QED) is 0.559. The van der Waals surface area contributed by atoms with Gasteiger partial charge < -0.3 is 10.2 Å². The smallest absolute Gasteiger partial charge is 0.0436 e. The molecule has 1 rings (SSSR count). The van der Waals surface area contributed by atoms with Crippen LogP contribution in [0.1, 0.15) is 129 Å². The third kappa shape index (κ3) is 10.9. The highest BCUT2D eigenvalue weighted by molar-refractivity contribution is 4.76. The van der Waals surface area contributed by atoms with Gasteiger partial charge in [-0.1, -0.05) is 90.9 Å². The molecular formula is C24H48O2. The summed E-state index contributed by atoms with van der Waals surface area (Å²) < 4.78 is 0. The lowest BCUT2D eigenvalue weighted by molar-refractivity contribution is 0.163. The molecular weight excluding hydrogens is 320 g/mol. The van der Waals surface area contributed by atoms with Gasteiger partial charge in [-0.15, -0.1) is 0 Å². The van der Waals surface area contributed by atoms with Gasteiger partial charge in [0.15, 0.2) is 0 Å². The molecule has 0 radical (unpaired) electrons. The fourth-order valence-corrected chi connectivity index (χ4v) is 4.91. The summed E-state index contributed by atoms with van der Waals surface area (Å²) in [5, 5.41) is 18.9. The highest BCUT2D eigenvalue weighted by atomic mass is 16.3. The Morgan fingerprint density at radius 3 is 0.923 bits per heavy atom. The zero-order valence-electron chi connectivity index (χ0n) is 18.0. The number of rotatable bonds is 4. The van der Waals surface area contributed by atoms with E-state index in [2.05, 4.69) is 13.8 Å². The molecule has 156 valence electrons. The van der Waals surface area contributed by atoms with Gasteiger partial charge in [-0.2, -0.15) is 0 Å². The second kappa shape index (κ2) is 14.0. The van der Waals surface area contributed by atoms with E-state index in [0.717, 1.165) is 12.8 Å². The normalized spacial score (nSPS) is 31.8. The largest absolute Gasteiger partial charge is 0.396 e. The molecule has 1 saturated carbocycles. The fraction of sp³-hybridized carbons (Fsp3) is 1.00. The zero-order valence-corrected chi connectivity index (χ0v) is 18.0. The molecule has 0 amide bonds. The zero-order chi connectivity index (χ0) is 19.1. The van der Waals surface area contributed by atoms with E-state index in [9.17, 15) is 10.2 Å². The molecule has 1 fully saturated rings. The van der Waals surface area contributed by atoms with Crippen LogP contribution in [0.3, 0.4) is 0 Å². The van der Waals surface area contributed by atoms with Crippen LogP contribution in [-0.2, 0) is 0 Å². The summed E-state index contributed by atoms with van der Waals surface area (Å²) in [6.07, 6.45) is 23.4. The Hall–Kier alpha value is -0.0800. The maximum Gasteiger partial charge on any atom is 0.0436 e. The van der Waals surface area contributed by atoms with E-state index in [1.165, 1.54) is 103 Å². The lowest BCUT2D eigenvalue weighted by Gasteiger charge is -2.30. The van der Waals surface area contributed by atoms with E-state index in [1.807, 2.05) is 0 Å². The predicted molar refractivity (Wildman–Crippen MR) is 113 cm³/mol. The van der Waals surface area contributed by atoms with Crippen LogP contribution in [-0.4, -0.2) is 23.4 Å². The topological polar surface area (TPSA) is 40.5 Å². The van der Waals surface area contributed by atoms with Crippen molar-refractivity contribution < 1.29 is 10.2 Å². The van der Waals surface area contributed by atoms with Gasteiger partial charge in [0, 0.05) is 13.2 Å². The summed E-state index contributed by atoms with van der Waals surface area (Å²) in [5.74, 6) is 0. The first-order chi connectivity index (χ1) is 12.5. The minimum atomic E-state index is 0.350. The molecule has 0 atom stereocenters. The van der Waals surface area contributed by atoms with Gasteiger partial charge in [-0.3, -0.25) is 0 Å². The molecule has 0 saturated heterocycles. The Kier molecular flexibility index (Phi) is 12.9. The van der Waals surface area contributed by atoms with Crippen LogP contribution in [0.4, 0.5) is 0 Å². The second-order valence-corrected chi connectivity index (χ2v) is 9.81. The lowest BCUT2D eigenvalue weighted by atomic mass is 9.76. The van der Waals surface area contributed by atoms with Gasteiger partial charge in [0.2, 0.25) is 0 Å². The summed E-state index contributed by atoms with van der Waals surface area (Å²) in [4.78, 5) is 0. The molecule has 0 aromatic heterocycles. The van der Waals surface area contributed by atoms with Crippen LogP contribution in [0.25, 0.3) is 0 Å². The van der Waals surface area contributed by atoms with Crippen molar-refractivity contribution in [3.05, 3.63) is 0 Å². The summed E-state index contributed by atoms with van der Waals surface area (Å²) in [6, 6.07) is 0. The van der Waals surface area contributed by atoms with Gasteiger partial charge in [-0.05, 0) is 49.4 Å². The Balaban J connectivity index is 2.46. The molecule has 0 aromatic carbocycles. The van der Waals surface area contributed by atoms with Crippen LogP contribution in [0.15, 0.2) is 0 Å². The molecule has 2 nitrogen and oxygen atoms in total. The van der Waals surface area contributed by atoms with Crippen molar-refractivity contribution in [1.82, 2.24) is 0 Å². The third-order valence-corrected chi connectivity index (χ3v) is 7.05. The summed E-state index contributed by atoms with van der Waals surface area (Å²) in [5.41, 5.74) is 0.735. The second-order valence-electron chi connectivity index (χ2n) is 9.81. The summed E-state index contributed by atoms with van der Waals surface area (Å²) in [7, 11) is 0. The fourth-order valence-electron chi connectivity index (χ4n) is 4.91. The van der Waals surface area contributed by atoms with Gasteiger partial charge in [0.1, 0.15) is 0 Å². The lowest BCUT2D eigenvalue weighted by Crippen LogP contribution is -2.19. The minimum Gasteiger partial charge on any atom is -0.396 e. The SMILES string of the molecule is CC1(CCO)CCCCCCCCC(C)(CCO)CCCCCCCC1. The van der Waals surface area contributed by atoms with E-state index in [0.29, 0.717) is 24.0 Å². The third-order valence-electron chi connectivity index (χ3n) is 7.05. The van der Waals surface area contributed by atoms with Gasteiger partial charge in [0.05, 0.1) is 0 Å². The number of aliphatic hydroxyl groups excluding tert-OH is 2. The number of hydrogen-bond acceptors (Lipinski definition) is 2. The highest BCUT2D eigenvalue weighted by Gasteiger charge is 2.24. The van der Waals surface area contributed by atoms with Gasteiger partial charge in [0.25, 0.3) is 0 Å². The molecule has 0 heterocycles. The van der Waals surface area contributed by atoms with Crippen molar-refractivity contribution in [1.29, 1.82) is 0 Å². The Morgan fingerprint density at radius 2 is 0.692 bits per heavy atom. The van der Waals surface area contributed by atoms with E-state index >= 15 is 0 Å². The van der Waals surface area contributed by atoms with E-state index in [1.54, 1.807) is 0 Å². The first-order valence-corrected chi connectivity index (χ1v) is 11.8. The Bertz CT molecular complexity index is 274. The molecule has 0 unspecified atom stereocenters. The first kappa shape index (κ1) is 24.0. The van der Waals surface area contributed by atoms with Crippen molar-refractivity contribution in [3.63, 3.8) is 0 Å². The molecule has 1 aliphatic rings. The number of aliphatic hydroxyl groups is 2. The minimum absolute atomic E-state index is 0.350. The highest BCUT2D eigenvalue weighted by Crippen LogP contribution is 2.36. The average Bonchev–Trinajstić information content (AvgIpc) is 2.59. The molecule has 26 heavy (non-hydrogen) atoms. The molecule has 2 N–H and O–H groups in total. The van der Waals surface area contributed by atoms with Crippen LogP contribution < -0.4 is 0 Å². The summed E-state index contributed by atoms with van der Waals surface area (Å²) in [6.45, 7) is 5.51. The first-order valence-electron chi connectivity index (χ1n) is 11.8. The van der Waals surface area contributed by atoms with Crippen LogP contribution in [0.2, 0.25) is 0 Å². The number of hydrogen-bond donors (Lipinski definition) is 2. The van der Waals surface area contributed by atoms with E-state index in [4.69, 9.17) is 0 Å². The van der Waals surface area contributed by atoms with Crippen LogP contribution in [0.5, 0.6) is 0 Å². The molecule has 0 aliphatic heterocycles. The molecule has 0 spiro atoms. The van der Waals surface area contributed by atoms with Crippen LogP contribution >= 0.6 is 0 Å². The molecule has 1 aliphatic carbocycles. The monoisotopic (exact) mass is 368 g/mol. The van der Waals surface area contributed by atoms with Crippen molar-refractivity contribution in [2.45, 2.75) is 129 Å². The predicted octanol–water partition coefficient (Wildman–Crippen LogP) is 7.02. The van der Waals surface area contributed by atoms with Crippen molar-refractivity contribution in [2.24, 2.45) is 10.8 Å². The summed E-state index contributed by atoms with van der Waals surface area (Å²) >= 11 is 0. The van der Waals surface area contributed by atoms with Crippen molar-refractivity contribution >= 4 is 0 Å². The van der Waals surface area contributed by atoms with Gasteiger partial charge in [-0.25, -0.2) is 0 Å². The molecule has 2 heteroatoms. The maximum atomic E-state index is 9.45.